The third kappa shape index (κ3) is 4.61. The zero-order chi connectivity index (χ0) is 28.0. The normalized spacial score (nSPS) is 21.4. The van der Waals surface area contributed by atoms with E-state index in [1.807, 2.05) is 24.3 Å². The number of aromatic hydroxyl groups is 1. The number of esters is 2. The zero-order valence-electron chi connectivity index (χ0n) is 22.4. The number of aryl methyl sites for hydroxylation is 2. The summed E-state index contributed by atoms with van der Waals surface area (Å²) in [6, 6.07) is 9.25. The van der Waals surface area contributed by atoms with E-state index in [-0.39, 0.29) is 40.4 Å². The second kappa shape index (κ2) is 10.4. The second-order valence-electron chi connectivity index (χ2n) is 10.9. The van der Waals surface area contributed by atoms with Gasteiger partial charge in [0.1, 0.15) is 22.8 Å². The number of para-hydroxylation sites is 1. The van der Waals surface area contributed by atoms with E-state index >= 15 is 0 Å². The van der Waals surface area contributed by atoms with E-state index in [1.54, 1.807) is 29.7 Å². The van der Waals surface area contributed by atoms with E-state index in [0.29, 0.717) is 56.2 Å². The van der Waals surface area contributed by atoms with Crippen molar-refractivity contribution in [3.8, 4) is 11.5 Å². The molecule has 206 valence electrons. The molecule has 0 radical (unpaired) electrons. The number of ketones is 1. The van der Waals surface area contributed by atoms with Gasteiger partial charge in [-0.15, -0.1) is 0 Å². The van der Waals surface area contributed by atoms with Crippen LogP contribution in [0.15, 0.2) is 41.2 Å². The van der Waals surface area contributed by atoms with Crippen molar-refractivity contribution in [2.24, 2.45) is 0 Å². The van der Waals surface area contributed by atoms with Crippen LogP contribution in [0, 0.1) is 0 Å². The Morgan fingerprint density at radius 1 is 1.02 bits per heavy atom. The van der Waals surface area contributed by atoms with Gasteiger partial charge in [0.05, 0.1) is 18.0 Å². The maximum absolute atomic E-state index is 13.7. The Balaban J connectivity index is 1.50. The van der Waals surface area contributed by atoms with Crippen molar-refractivity contribution in [1.29, 1.82) is 0 Å². The van der Waals surface area contributed by atoms with Gasteiger partial charge in [-0.1, -0.05) is 30.4 Å². The number of allylic oxidation sites excluding steroid dienone is 1. The molecule has 0 fully saturated rings. The Hall–Kier alpha value is -4.20. The number of aromatic nitrogens is 1. The molecular formula is C32H31NO7. The number of benzene rings is 2. The molecule has 0 unspecified atom stereocenters. The molecule has 3 aromatic rings. The molecule has 0 saturated heterocycles. The van der Waals surface area contributed by atoms with Crippen LogP contribution >= 0.6 is 0 Å². The Morgan fingerprint density at radius 2 is 1.85 bits per heavy atom. The number of rotatable bonds is 1. The lowest BCUT2D eigenvalue weighted by Gasteiger charge is -2.27. The number of carbonyl (C=O) groups is 3. The molecule has 0 amide bonds. The Bertz CT molecular complexity index is 1650. The van der Waals surface area contributed by atoms with E-state index in [1.165, 1.54) is 0 Å². The number of fused-ring (bicyclic) bond motifs is 2. The molecule has 3 aliphatic rings. The summed E-state index contributed by atoms with van der Waals surface area (Å²) in [5.41, 5.74) is 2.73. The first-order valence-electron chi connectivity index (χ1n) is 14.0. The first-order valence-corrected chi connectivity index (χ1v) is 14.0. The van der Waals surface area contributed by atoms with Crippen LogP contribution in [0.4, 0.5) is 0 Å². The van der Waals surface area contributed by atoms with E-state index in [0.717, 1.165) is 22.9 Å². The summed E-state index contributed by atoms with van der Waals surface area (Å²) in [6.45, 7) is 2.31. The van der Waals surface area contributed by atoms with E-state index in [9.17, 15) is 24.3 Å². The fraction of sp³-hybridized carbons (Fsp3) is 0.375. The molecule has 0 bridgehead atoms. The van der Waals surface area contributed by atoms with Crippen molar-refractivity contribution in [2.75, 3.05) is 0 Å². The summed E-state index contributed by atoms with van der Waals surface area (Å²) in [6.07, 6.45) is 6.99. The largest absolute Gasteiger partial charge is 0.507 e. The first kappa shape index (κ1) is 26.0. The summed E-state index contributed by atoms with van der Waals surface area (Å²) >= 11 is 0. The van der Waals surface area contributed by atoms with Gasteiger partial charge in [0.15, 0.2) is 0 Å². The number of hydrogen-bond acceptors (Lipinski definition) is 7. The van der Waals surface area contributed by atoms with Crippen molar-refractivity contribution >= 4 is 34.7 Å². The number of carbonyl (C=O) groups excluding carboxylic acids is 3. The third-order valence-electron chi connectivity index (χ3n) is 8.18. The smallest absolute Gasteiger partial charge is 0.342 e. The molecule has 6 rings (SSSR count). The van der Waals surface area contributed by atoms with Crippen LogP contribution in [0.3, 0.4) is 0 Å². The highest BCUT2D eigenvalue weighted by molar-refractivity contribution is 5.99. The summed E-state index contributed by atoms with van der Waals surface area (Å²) in [7, 11) is 0. The topological polar surface area (TPSA) is 112 Å². The molecule has 4 heterocycles. The average molecular weight is 542 g/mol. The lowest BCUT2D eigenvalue weighted by atomic mass is 9.83. The Labute approximate surface area is 231 Å². The van der Waals surface area contributed by atoms with Crippen LogP contribution in [-0.4, -0.2) is 33.5 Å². The van der Waals surface area contributed by atoms with Crippen LogP contribution in [0.2, 0.25) is 0 Å². The maximum atomic E-state index is 13.7. The van der Waals surface area contributed by atoms with Crippen LogP contribution in [0.5, 0.6) is 11.5 Å². The van der Waals surface area contributed by atoms with Gasteiger partial charge in [-0.2, -0.15) is 0 Å². The van der Waals surface area contributed by atoms with Gasteiger partial charge in [0.25, 0.3) is 5.56 Å². The Kier molecular flexibility index (Phi) is 6.78. The fourth-order valence-corrected chi connectivity index (χ4v) is 6.23. The molecule has 40 heavy (non-hydrogen) atoms. The lowest BCUT2D eigenvalue weighted by molar-refractivity contribution is -0.135. The van der Waals surface area contributed by atoms with Crippen LogP contribution in [-0.2, 0) is 27.3 Å². The minimum Gasteiger partial charge on any atom is -0.507 e. The maximum Gasteiger partial charge on any atom is 0.342 e. The lowest BCUT2D eigenvalue weighted by Crippen LogP contribution is -2.29. The molecule has 1 N–H and O–H groups in total. The number of hydrogen-bond donors (Lipinski definition) is 1. The van der Waals surface area contributed by atoms with Gasteiger partial charge in [-0.3, -0.25) is 14.4 Å². The van der Waals surface area contributed by atoms with E-state index in [2.05, 4.69) is 0 Å². The molecule has 3 aliphatic heterocycles. The summed E-state index contributed by atoms with van der Waals surface area (Å²) in [5.74, 6) is -2.05. The van der Waals surface area contributed by atoms with Crippen molar-refractivity contribution in [3.05, 3.63) is 74.6 Å². The van der Waals surface area contributed by atoms with Crippen molar-refractivity contribution in [2.45, 2.75) is 76.9 Å². The third-order valence-corrected chi connectivity index (χ3v) is 8.18. The number of pyridine rings is 1. The molecule has 2 aromatic carbocycles. The molecule has 8 heteroatoms. The summed E-state index contributed by atoms with van der Waals surface area (Å²) in [5, 5.41) is 12.5. The van der Waals surface area contributed by atoms with Gasteiger partial charge in [-0.25, -0.2) is 4.79 Å². The quantitative estimate of drug-likeness (QED) is 0.333. The number of phenolic OH excluding ortho intramolecular Hbond substituents is 1. The van der Waals surface area contributed by atoms with E-state index < -0.39 is 24.0 Å². The highest BCUT2D eigenvalue weighted by atomic mass is 16.5. The van der Waals surface area contributed by atoms with E-state index in [4.69, 9.17) is 9.47 Å². The highest BCUT2D eigenvalue weighted by Crippen LogP contribution is 2.47. The number of Topliss-reactive ketones (excluding diaryl/α,β-unsaturated/α-hetero) is 1. The summed E-state index contributed by atoms with van der Waals surface area (Å²) in [4.78, 5) is 52.1. The predicted molar refractivity (Wildman–Crippen MR) is 149 cm³/mol. The van der Waals surface area contributed by atoms with Crippen molar-refractivity contribution < 1.29 is 29.0 Å². The Morgan fingerprint density at radius 3 is 2.70 bits per heavy atom. The minimum atomic E-state index is -0.792. The number of cyclic esters (lactones) is 1. The average Bonchev–Trinajstić information content (AvgIpc) is 3.35. The van der Waals surface area contributed by atoms with Crippen LogP contribution in [0.25, 0.3) is 17.0 Å². The second-order valence-corrected chi connectivity index (χ2v) is 10.9. The van der Waals surface area contributed by atoms with Gasteiger partial charge in [0.2, 0.25) is 0 Å². The molecule has 8 nitrogen and oxygen atoms in total. The highest BCUT2D eigenvalue weighted by Gasteiger charge is 2.37. The van der Waals surface area contributed by atoms with Gasteiger partial charge < -0.3 is 19.1 Å². The standard InChI is InChI=1S/C32H31NO7/c1-18-7-5-12-22(34)11-4-2-3-8-20-16-25-28(30(36)27(20)32(38)39-18)23(17-26(35)40-25)24-15-21-10-6-9-19-13-14-33(29(19)21)31(24)37/h3,6,8-10,15-16,18,23,36H,2,4-5,7,11-14,17H2,1H3/t18-,23-/m1/s1. The van der Waals surface area contributed by atoms with Crippen LogP contribution < -0.4 is 10.3 Å². The molecule has 0 aliphatic carbocycles. The van der Waals surface area contributed by atoms with Gasteiger partial charge in [0, 0.05) is 36.4 Å². The monoisotopic (exact) mass is 541 g/mol. The SMILES string of the molecule is C[C@@H]1CCCC(=O)CCCC=Cc2cc3c(c(O)c2C(=O)O1)[C@@H](c1cc2cccc4c2n(c1=O)CC4)CC(=O)O3. The predicted octanol–water partition coefficient (Wildman–Crippen LogP) is 5.19. The van der Waals surface area contributed by atoms with Gasteiger partial charge in [-0.05, 0) is 67.7 Å². The fourth-order valence-electron chi connectivity index (χ4n) is 6.23. The molecular weight excluding hydrogens is 510 g/mol. The number of ether oxygens (including phenoxy) is 2. The number of phenols is 1. The van der Waals surface area contributed by atoms with Crippen molar-refractivity contribution in [3.63, 3.8) is 0 Å². The molecule has 0 saturated carbocycles. The van der Waals surface area contributed by atoms with Crippen LogP contribution in [0.1, 0.15) is 90.4 Å². The minimum absolute atomic E-state index is 0.0225. The molecule has 1 aromatic heterocycles. The number of nitrogens with zero attached hydrogens (tertiary/aromatic N) is 1. The molecule has 2 atom stereocenters. The zero-order valence-corrected chi connectivity index (χ0v) is 22.4. The van der Waals surface area contributed by atoms with Gasteiger partial charge >= 0.3 is 11.9 Å². The summed E-state index contributed by atoms with van der Waals surface area (Å²) < 4.78 is 13.0. The molecule has 0 spiro atoms. The first-order chi connectivity index (χ1) is 19.3. The van der Waals surface area contributed by atoms with Crippen molar-refractivity contribution in [1.82, 2.24) is 4.57 Å².